The van der Waals surface area contributed by atoms with Crippen LogP contribution in [0.3, 0.4) is 0 Å². The molecule has 1 atom stereocenters. The average molecular weight is 306 g/mol. The molecule has 6 heteroatoms. The van der Waals surface area contributed by atoms with Crippen molar-refractivity contribution in [2.45, 2.75) is 25.3 Å². The van der Waals surface area contributed by atoms with Crippen LogP contribution >= 0.6 is 0 Å². The normalized spacial score (nSPS) is 23.4. The summed E-state index contributed by atoms with van der Waals surface area (Å²) >= 11 is 0. The molecule has 0 amide bonds. The number of aromatic nitrogens is 3. The molecule has 0 radical (unpaired) electrons. The number of aryl methyl sites for hydroxylation is 1. The molecular formula is C16H26N4O2. The molecule has 1 saturated heterocycles. The van der Waals surface area contributed by atoms with Crippen LogP contribution in [0.1, 0.15) is 30.3 Å². The Morgan fingerprint density at radius 3 is 3.00 bits per heavy atom. The zero-order valence-corrected chi connectivity index (χ0v) is 13.4. The minimum atomic E-state index is 0.209. The second-order valence-corrected chi connectivity index (χ2v) is 6.19. The largest absolute Gasteiger partial charge is 0.381 e. The fourth-order valence-electron chi connectivity index (χ4n) is 3.45. The van der Waals surface area contributed by atoms with Gasteiger partial charge < -0.3 is 9.47 Å². The lowest BCUT2D eigenvalue weighted by molar-refractivity contribution is 0.0225. The van der Waals surface area contributed by atoms with E-state index < -0.39 is 0 Å². The van der Waals surface area contributed by atoms with Gasteiger partial charge >= 0.3 is 0 Å². The van der Waals surface area contributed by atoms with E-state index in [1.54, 1.807) is 6.08 Å². The van der Waals surface area contributed by atoms with E-state index in [0.29, 0.717) is 19.1 Å². The van der Waals surface area contributed by atoms with E-state index in [-0.39, 0.29) is 6.04 Å². The van der Waals surface area contributed by atoms with Crippen molar-refractivity contribution in [3.05, 3.63) is 24.0 Å². The maximum Gasteiger partial charge on any atom is 0.105 e. The summed E-state index contributed by atoms with van der Waals surface area (Å²) in [6.45, 7) is 8.89. The molecule has 0 N–H and O–H groups in total. The Bertz CT molecular complexity index is 496. The minimum Gasteiger partial charge on any atom is -0.381 e. The summed E-state index contributed by atoms with van der Waals surface area (Å²) in [7, 11) is 1.97. The van der Waals surface area contributed by atoms with Crippen LogP contribution in [0, 0.1) is 5.92 Å². The highest BCUT2D eigenvalue weighted by molar-refractivity contribution is 5.19. The summed E-state index contributed by atoms with van der Waals surface area (Å²) in [5.74, 6) is 0.717. The van der Waals surface area contributed by atoms with Crippen LogP contribution < -0.4 is 0 Å². The van der Waals surface area contributed by atoms with E-state index in [0.717, 1.165) is 51.3 Å². The first kappa shape index (κ1) is 15.6. The standard InChI is InChI=1S/C16H26N4O2/c1-3-8-22-12-15-16-14(19(2)18-17-16)4-7-20(15)11-13-5-9-21-10-6-13/h3,13,15H,1,4-12H2,2H3. The van der Waals surface area contributed by atoms with Crippen molar-refractivity contribution in [3.8, 4) is 0 Å². The Kier molecular flexibility index (Phi) is 5.23. The number of nitrogens with zero attached hydrogens (tertiary/aromatic N) is 4. The summed E-state index contributed by atoms with van der Waals surface area (Å²) in [5, 5.41) is 8.60. The molecule has 6 nitrogen and oxygen atoms in total. The molecule has 0 spiro atoms. The van der Waals surface area contributed by atoms with Crippen LogP contribution in [0.2, 0.25) is 0 Å². The fourth-order valence-corrected chi connectivity index (χ4v) is 3.45. The molecule has 1 unspecified atom stereocenters. The highest BCUT2D eigenvalue weighted by Crippen LogP contribution is 2.30. The fraction of sp³-hybridized carbons (Fsp3) is 0.750. The Morgan fingerprint density at radius 2 is 2.23 bits per heavy atom. The summed E-state index contributed by atoms with van der Waals surface area (Å²) in [6, 6.07) is 0.209. The van der Waals surface area contributed by atoms with Gasteiger partial charge in [-0.25, -0.2) is 0 Å². The molecule has 0 bridgehead atoms. The summed E-state index contributed by atoms with van der Waals surface area (Å²) in [5.41, 5.74) is 2.33. The monoisotopic (exact) mass is 306 g/mol. The zero-order valence-electron chi connectivity index (χ0n) is 13.4. The lowest BCUT2D eigenvalue weighted by Crippen LogP contribution is -2.42. The van der Waals surface area contributed by atoms with Gasteiger partial charge in [0.2, 0.25) is 0 Å². The van der Waals surface area contributed by atoms with Crippen molar-refractivity contribution < 1.29 is 9.47 Å². The SMILES string of the molecule is C=CCOCC1c2nnn(C)c2CCN1CC1CCOCC1. The first-order chi connectivity index (χ1) is 10.8. The van der Waals surface area contributed by atoms with E-state index in [9.17, 15) is 0 Å². The van der Waals surface area contributed by atoms with Crippen molar-refractivity contribution in [2.24, 2.45) is 13.0 Å². The third-order valence-electron chi connectivity index (χ3n) is 4.71. The van der Waals surface area contributed by atoms with Crippen LogP contribution in [-0.4, -0.2) is 59.4 Å². The number of hydrogen-bond acceptors (Lipinski definition) is 5. The van der Waals surface area contributed by atoms with E-state index in [4.69, 9.17) is 9.47 Å². The molecule has 3 heterocycles. The zero-order chi connectivity index (χ0) is 15.4. The molecule has 0 aromatic carbocycles. The maximum absolute atomic E-state index is 5.75. The Balaban J connectivity index is 1.71. The van der Waals surface area contributed by atoms with E-state index in [1.807, 2.05) is 11.7 Å². The van der Waals surface area contributed by atoms with Crippen LogP contribution in [0.5, 0.6) is 0 Å². The van der Waals surface area contributed by atoms with Crippen molar-refractivity contribution >= 4 is 0 Å². The first-order valence-electron chi connectivity index (χ1n) is 8.18. The van der Waals surface area contributed by atoms with E-state index in [2.05, 4.69) is 21.8 Å². The van der Waals surface area contributed by atoms with Gasteiger partial charge in [-0.1, -0.05) is 11.3 Å². The molecule has 1 aromatic heterocycles. The average Bonchev–Trinajstić information content (AvgIpc) is 2.92. The molecule has 22 heavy (non-hydrogen) atoms. The Morgan fingerprint density at radius 1 is 1.41 bits per heavy atom. The third kappa shape index (κ3) is 3.39. The molecule has 1 aromatic rings. The van der Waals surface area contributed by atoms with Crippen molar-refractivity contribution in [1.82, 2.24) is 19.9 Å². The predicted octanol–water partition coefficient (Wildman–Crippen LogP) is 1.34. The molecule has 0 saturated carbocycles. The van der Waals surface area contributed by atoms with Crippen molar-refractivity contribution in [1.29, 1.82) is 0 Å². The number of fused-ring (bicyclic) bond motifs is 1. The van der Waals surface area contributed by atoms with Gasteiger partial charge in [0, 0.05) is 39.8 Å². The van der Waals surface area contributed by atoms with Crippen LogP contribution in [0.25, 0.3) is 0 Å². The van der Waals surface area contributed by atoms with Gasteiger partial charge in [-0.15, -0.1) is 11.7 Å². The van der Waals surface area contributed by atoms with Gasteiger partial charge in [0.15, 0.2) is 0 Å². The maximum atomic E-state index is 5.75. The molecule has 0 aliphatic carbocycles. The summed E-state index contributed by atoms with van der Waals surface area (Å²) in [4.78, 5) is 2.52. The van der Waals surface area contributed by atoms with Crippen LogP contribution in [-0.2, 0) is 22.9 Å². The van der Waals surface area contributed by atoms with Crippen LogP contribution in [0.15, 0.2) is 12.7 Å². The van der Waals surface area contributed by atoms with Crippen molar-refractivity contribution in [3.63, 3.8) is 0 Å². The number of ether oxygens (including phenoxy) is 2. The quantitative estimate of drug-likeness (QED) is 0.586. The second kappa shape index (κ2) is 7.35. The molecule has 1 fully saturated rings. The van der Waals surface area contributed by atoms with Gasteiger partial charge in [0.1, 0.15) is 5.69 Å². The second-order valence-electron chi connectivity index (χ2n) is 6.19. The van der Waals surface area contributed by atoms with Crippen LogP contribution in [0.4, 0.5) is 0 Å². The lowest BCUT2D eigenvalue weighted by atomic mass is 9.96. The third-order valence-corrected chi connectivity index (χ3v) is 4.71. The summed E-state index contributed by atoms with van der Waals surface area (Å²) < 4.78 is 13.1. The molecule has 2 aliphatic rings. The number of hydrogen-bond donors (Lipinski definition) is 0. The van der Waals surface area contributed by atoms with Gasteiger partial charge in [-0.2, -0.15) is 0 Å². The minimum absolute atomic E-state index is 0.209. The topological polar surface area (TPSA) is 52.4 Å². The number of rotatable bonds is 6. The molecule has 3 rings (SSSR count). The van der Waals surface area contributed by atoms with E-state index in [1.165, 1.54) is 5.69 Å². The highest BCUT2D eigenvalue weighted by Gasteiger charge is 2.33. The van der Waals surface area contributed by atoms with Gasteiger partial charge in [-0.3, -0.25) is 9.58 Å². The van der Waals surface area contributed by atoms with Gasteiger partial charge in [0.05, 0.1) is 24.9 Å². The van der Waals surface area contributed by atoms with Crippen molar-refractivity contribution in [2.75, 3.05) is 39.5 Å². The molecule has 122 valence electrons. The van der Waals surface area contributed by atoms with Gasteiger partial charge in [0.25, 0.3) is 0 Å². The predicted molar refractivity (Wildman–Crippen MR) is 83.6 cm³/mol. The highest BCUT2D eigenvalue weighted by atomic mass is 16.5. The lowest BCUT2D eigenvalue weighted by Gasteiger charge is -2.37. The first-order valence-corrected chi connectivity index (χ1v) is 8.18. The Labute approximate surface area is 132 Å². The van der Waals surface area contributed by atoms with Gasteiger partial charge in [-0.05, 0) is 18.8 Å². The molecule has 2 aliphatic heterocycles. The summed E-state index contributed by atoms with van der Waals surface area (Å²) in [6.07, 6.45) is 5.12. The Hall–Kier alpha value is -1.24. The molecular weight excluding hydrogens is 280 g/mol. The van der Waals surface area contributed by atoms with E-state index >= 15 is 0 Å². The smallest absolute Gasteiger partial charge is 0.105 e.